The van der Waals surface area contributed by atoms with Gasteiger partial charge in [0.15, 0.2) is 5.79 Å². The minimum atomic E-state index is -5.16. The number of halogens is 6. The third-order valence-electron chi connectivity index (χ3n) is 7.97. The molecule has 38 heavy (non-hydrogen) atoms. The van der Waals surface area contributed by atoms with E-state index in [1.54, 1.807) is 25.1 Å². The highest BCUT2D eigenvalue weighted by Crippen LogP contribution is 2.59. The maximum atomic E-state index is 13.6. The Hall–Kier alpha value is -3.12. The fourth-order valence-corrected chi connectivity index (χ4v) is 6.22. The summed E-state index contributed by atoms with van der Waals surface area (Å²) in [6.45, 7) is 1.73. The first-order valence-electron chi connectivity index (χ1n) is 12.0. The molecule has 0 bridgehead atoms. The maximum absolute atomic E-state index is 13.6. The lowest BCUT2D eigenvalue weighted by Gasteiger charge is -2.44. The predicted molar refractivity (Wildman–Crippen MR) is 119 cm³/mol. The molecule has 204 valence electrons. The monoisotopic (exact) mass is 543 g/mol. The fourth-order valence-electron chi connectivity index (χ4n) is 6.22. The van der Waals surface area contributed by atoms with E-state index >= 15 is 0 Å². The number of imide groups is 1. The Labute approximate surface area is 212 Å². The molecule has 2 amide bonds. The molecule has 2 aromatic carbocycles. The van der Waals surface area contributed by atoms with E-state index < -0.39 is 76.5 Å². The van der Waals surface area contributed by atoms with Crippen LogP contribution in [-0.2, 0) is 26.7 Å². The Kier molecular flexibility index (Phi) is 6.06. The molecule has 2 aromatic rings. The van der Waals surface area contributed by atoms with Gasteiger partial charge in [0, 0.05) is 17.4 Å². The minimum Gasteiger partial charge on any atom is -0.508 e. The molecule has 0 radical (unpaired) electrons. The minimum absolute atomic E-state index is 0.00892. The van der Waals surface area contributed by atoms with E-state index in [0.29, 0.717) is 29.0 Å². The number of rotatable bonds is 3. The standard InChI is InChI=1S/C26H23F6NO5/c1-2-12-10-17-21(18-11-20(38-24(12,18)37)16-5-3-4-6-19(16)34)23(36)33(22(17)35)15-8-13(25(27,28)29)7-14(9-15)26(30,31)32/h3-9,12,17-18,20-21,34,37H,2,10-11H2,1H3/t12-,17-,18-,20-,21-,24+/m0/s1. The molecule has 6 nitrogen and oxygen atoms in total. The lowest BCUT2D eigenvalue weighted by molar-refractivity contribution is -0.269. The number of hydrogen-bond donors (Lipinski definition) is 2. The molecule has 0 unspecified atom stereocenters. The second-order valence-electron chi connectivity index (χ2n) is 10.0. The Morgan fingerprint density at radius 3 is 2.13 bits per heavy atom. The quantitative estimate of drug-likeness (QED) is 0.398. The van der Waals surface area contributed by atoms with Crippen LogP contribution in [-0.4, -0.2) is 27.8 Å². The van der Waals surface area contributed by atoms with Crippen molar-refractivity contribution in [1.29, 1.82) is 0 Å². The van der Waals surface area contributed by atoms with Gasteiger partial charge in [0.05, 0.1) is 34.8 Å². The van der Waals surface area contributed by atoms with Crippen LogP contribution in [0.2, 0.25) is 0 Å². The number of carbonyl (C=O) groups is 2. The number of phenols is 1. The second-order valence-corrected chi connectivity index (χ2v) is 10.0. The van der Waals surface area contributed by atoms with E-state index in [9.17, 15) is 46.1 Å². The summed E-state index contributed by atoms with van der Waals surface area (Å²) in [5.74, 6) is -7.82. The number of aliphatic hydroxyl groups is 1. The summed E-state index contributed by atoms with van der Waals surface area (Å²) in [6.07, 6.45) is -10.9. The first-order chi connectivity index (χ1) is 17.7. The largest absolute Gasteiger partial charge is 0.508 e. The summed E-state index contributed by atoms with van der Waals surface area (Å²) in [7, 11) is 0. The smallest absolute Gasteiger partial charge is 0.416 e. The van der Waals surface area contributed by atoms with Gasteiger partial charge < -0.3 is 14.9 Å². The van der Waals surface area contributed by atoms with Gasteiger partial charge in [0.25, 0.3) is 0 Å². The molecule has 3 aliphatic rings. The predicted octanol–water partition coefficient (Wildman–Crippen LogP) is 5.43. The van der Waals surface area contributed by atoms with Crippen LogP contribution in [0.15, 0.2) is 42.5 Å². The van der Waals surface area contributed by atoms with Crippen molar-refractivity contribution < 1.29 is 50.9 Å². The van der Waals surface area contributed by atoms with Crippen molar-refractivity contribution in [2.24, 2.45) is 23.7 Å². The van der Waals surface area contributed by atoms with Gasteiger partial charge in [-0.15, -0.1) is 0 Å². The number of phenolic OH excluding ortho intramolecular Hbond substituents is 1. The average molecular weight is 543 g/mol. The summed E-state index contributed by atoms with van der Waals surface area (Å²) in [5.41, 5.74) is -3.78. The van der Waals surface area contributed by atoms with Gasteiger partial charge >= 0.3 is 12.4 Å². The highest BCUT2D eigenvalue weighted by Gasteiger charge is 2.66. The summed E-state index contributed by atoms with van der Waals surface area (Å²) in [4.78, 5) is 27.4. The second kappa shape index (κ2) is 8.70. The first kappa shape index (κ1) is 26.5. The molecule has 12 heteroatoms. The van der Waals surface area contributed by atoms with Gasteiger partial charge in [-0.3, -0.25) is 14.5 Å². The van der Waals surface area contributed by atoms with Crippen molar-refractivity contribution in [3.63, 3.8) is 0 Å². The van der Waals surface area contributed by atoms with E-state index in [-0.39, 0.29) is 24.7 Å². The Morgan fingerprint density at radius 1 is 0.974 bits per heavy atom. The molecule has 0 aromatic heterocycles. The van der Waals surface area contributed by atoms with Crippen LogP contribution in [0, 0.1) is 23.7 Å². The number of fused-ring (bicyclic) bond motifs is 3. The lowest BCUT2D eigenvalue weighted by Crippen LogP contribution is -2.53. The van der Waals surface area contributed by atoms with E-state index in [0.717, 1.165) is 0 Å². The summed E-state index contributed by atoms with van der Waals surface area (Å²) >= 11 is 0. The van der Waals surface area contributed by atoms with Crippen LogP contribution >= 0.6 is 0 Å². The van der Waals surface area contributed by atoms with Gasteiger partial charge in [-0.25, -0.2) is 0 Å². The van der Waals surface area contributed by atoms with E-state index in [2.05, 4.69) is 0 Å². The molecule has 2 aliphatic heterocycles. The highest BCUT2D eigenvalue weighted by atomic mass is 19.4. The zero-order valence-electron chi connectivity index (χ0n) is 19.9. The van der Waals surface area contributed by atoms with Gasteiger partial charge in [-0.2, -0.15) is 26.3 Å². The van der Waals surface area contributed by atoms with Gasteiger partial charge in [-0.05, 0) is 43.5 Å². The van der Waals surface area contributed by atoms with Crippen LogP contribution in [0.5, 0.6) is 5.75 Å². The third kappa shape index (κ3) is 4.05. The van der Waals surface area contributed by atoms with Gasteiger partial charge in [0.2, 0.25) is 11.8 Å². The number of alkyl halides is 6. The number of nitrogens with zero attached hydrogens (tertiary/aromatic N) is 1. The van der Waals surface area contributed by atoms with E-state index in [1.165, 1.54) is 6.07 Å². The lowest BCUT2D eigenvalue weighted by atomic mass is 9.64. The highest BCUT2D eigenvalue weighted by molar-refractivity contribution is 6.22. The number of hydrogen-bond acceptors (Lipinski definition) is 5. The van der Waals surface area contributed by atoms with Crippen LogP contribution in [0.1, 0.15) is 49.0 Å². The summed E-state index contributed by atoms with van der Waals surface area (Å²) < 4.78 is 86.7. The number of para-hydroxylation sites is 1. The molecular weight excluding hydrogens is 520 g/mol. The van der Waals surface area contributed by atoms with Crippen LogP contribution in [0.4, 0.5) is 32.0 Å². The molecule has 2 saturated heterocycles. The van der Waals surface area contributed by atoms with Crippen LogP contribution in [0.3, 0.4) is 0 Å². The van der Waals surface area contributed by atoms with Crippen molar-refractivity contribution in [2.45, 2.75) is 50.4 Å². The number of ether oxygens (including phenoxy) is 1. The SMILES string of the molecule is CC[C@H]1C[C@@H]2C(=O)N(c3cc(C(F)(F)F)cc(C(F)(F)F)c3)C(=O)[C@@H]2[C@@H]2C[C@@H](c3ccccc3O)O[C@]12O. The molecular formula is C26H23F6NO5. The van der Waals surface area contributed by atoms with Gasteiger partial charge in [0.1, 0.15) is 5.75 Å². The molecule has 1 aliphatic carbocycles. The molecule has 2 heterocycles. The maximum Gasteiger partial charge on any atom is 0.416 e. The molecule has 1 saturated carbocycles. The van der Waals surface area contributed by atoms with Crippen molar-refractivity contribution in [2.75, 3.05) is 4.90 Å². The molecule has 0 spiro atoms. The van der Waals surface area contributed by atoms with Crippen molar-refractivity contribution in [1.82, 2.24) is 0 Å². The van der Waals surface area contributed by atoms with E-state index in [4.69, 9.17) is 4.74 Å². The zero-order chi connectivity index (χ0) is 27.8. The van der Waals surface area contributed by atoms with Crippen LogP contribution < -0.4 is 4.90 Å². The van der Waals surface area contributed by atoms with E-state index in [1.807, 2.05) is 0 Å². The van der Waals surface area contributed by atoms with Crippen LogP contribution in [0.25, 0.3) is 0 Å². The summed E-state index contributed by atoms with van der Waals surface area (Å²) in [5, 5.41) is 21.9. The van der Waals surface area contributed by atoms with Crippen molar-refractivity contribution >= 4 is 17.5 Å². The fraction of sp³-hybridized carbons (Fsp3) is 0.462. The number of benzene rings is 2. The molecule has 3 fully saturated rings. The number of amides is 2. The molecule has 6 atom stereocenters. The number of carbonyl (C=O) groups excluding carboxylic acids is 2. The average Bonchev–Trinajstić information content (AvgIpc) is 3.31. The van der Waals surface area contributed by atoms with Crippen molar-refractivity contribution in [3.05, 3.63) is 59.2 Å². The zero-order valence-corrected chi connectivity index (χ0v) is 19.9. The Morgan fingerprint density at radius 2 is 1.58 bits per heavy atom. The number of anilines is 1. The Bertz CT molecular complexity index is 1260. The first-order valence-corrected chi connectivity index (χ1v) is 12.0. The topological polar surface area (TPSA) is 87.1 Å². The number of aromatic hydroxyl groups is 1. The summed E-state index contributed by atoms with van der Waals surface area (Å²) in [6, 6.07) is 6.85. The van der Waals surface area contributed by atoms with Crippen molar-refractivity contribution in [3.8, 4) is 5.75 Å². The normalized spacial score (nSPS) is 31.5. The van der Waals surface area contributed by atoms with Gasteiger partial charge in [-0.1, -0.05) is 25.1 Å². The molecule has 2 N–H and O–H groups in total. The molecule has 5 rings (SSSR count). The Balaban J connectivity index is 1.57. The third-order valence-corrected chi connectivity index (χ3v) is 7.97.